The summed E-state index contributed by atoms with van der Waals surface area (Å²) in [5.41, 5.74) is 2.51. The van der Waals surface area contributed by atoms with Crippen LogP contribution < -0.4 is 20.0 Å². The molecular weight excluding hydrogens is 801 g/mol. The number of para-hydroxylation sites is 4. The Morgan fingerprint density at radius 1 is 0.339 bits per heavy atom. The highest BCUT2D eigenvalue weighted by molar-refractivity contribution is 7.85. The van der Waals surface area contributed by atoms with Crippen LogP contribution in [0, 0.1) is 11.8 Å². The van der Waals surface area contributed by atoms with Crippen molar-refractivity contribution in [2.24, 2.45) is 11.8 Å². The second kappa shape index (κ2) is 20.0. The van der Waals surface area contributed by atoms with Crippen LogP contribution in [0.2, 0.25) is 0 Å². The maximum absolute atomic E-state index is 13.2. The van der Waals surface area contributed by atoms with Crippen molar-refractivity contribution in [3.05, 3.63) is 182 Å². The van der Waals surface area contributed by atoms with E-state index in [9.17, 15) is 27.6 Å². The fourth-order valence-corrected chi connectivity index (χ4v) is 9.06. The first-order chi connectivity index (χ1) is 28.3. The van der Waals surface area contributed by atoms with Crippen LogP contribution in [0.25, 0.3) is 0 Å². The third-order valence-electron chi connectivity index (χ3n) is 9.63. The van der Waals surface area contributed by atoms with Crippen LogP contribution in [0.4, 0.5) is 22.7 Å². The van der Waals surface area contributed by atoms with Crippen LogP contribution >= 0.6 is 13.5 Å². The first-order valence-corrected chi connectivity index (χ1v) is 21.4. The van der Waals surface area contributed by atoms with E-state index in [0.717, 1.165) is 0 Å². The Labute approximate surface area is 355 Å². The van der Waals surface area contributed by atoms with Gasteiger partial charge in [-0.2, -0.15) is 13.5 Å². The van der Waals surface area contributed by atoms with Gasteiger partial charge >= 0.3 is 0 Å². The summed E-state index contributed by atoms with van der Waals surface area (Å²) in [4.78, 5) is 54.3. The smallest absolute Gasteiger partial charge is 0.258 e. The van der Waals surface area contributed by atoms with Gasteiger partial charge in [-0.05, 0) is 85.6 Å². The molecule has 2 unspecified atom stereocenters. The lowest BCUT2D eigenvalue weighted by Crippen LogP contribution is -2.41. The standard InChI is InChI=1S/2C23H20N2O3S.H2S/c2*26-22-21(16-17-29(28)20-14-8-3-9-15-20)23(27)25(19-12-6-2-7-13-19)24(22)18-10-4-1-5-11-18;/h2*1-15,21H,16-17H2;1H2. The topological polar surface area (TPSA) is 115 Å². The van der Waals surface area contributed by atoms with Crippen LogP contribution in [-0.2, 0) is 40.8 Å². The molecule has 2 fully saturated rings. The van der Waals surface area contributed by atoms with Gasteiger partial charge in [0.2, 0.25) is 0 Å². The predicted octanol–water partition coefficient (Wildman–Crippen LogP) is 7.70. The Bertz CT molecular complexity index is 2110. The van der Waals surface area contributed by atoms with Gasteiger partial charge in [0.1, 0.15) is 11.8 Å². The highest BCUT2D eigenvalue weighted by Gasteiger charge is 2.48. The zero-order valence-electron chi connectivity index (χ0n) is 31.9. The van der Waals surface area contributed by atoms with Gasteiger partial charge in [0.15, 0.2) is 0 Å². The molecule has 6 aromatic carbocycles. The van der Waals surface area contributed by atoms with E-state index in [2.05, 4.69) is 0 Å². The number of amides is 4. The van der Waals surface area contributed by atoms with Crippen molar-refractivity contribution in [1.29, 1.82) is 0 Å². The highest BCUT2D eigenvalue weighted by Crippen LogP contribution is 2.35. The number of hydrogen-bond donors (Lipinski definition) is 0. The van der Waals surface area contributed by atoms with Crippen molar-refractivity contribution < 1.29 is 27.6 Å². The number of hydrazine groups is 2. The minimum absolute atomic E-state index is 0. The molecule has 0 saturated carbocycles. The lowest BCUT2D eigenvalue weighted by atomic mass is 10.1. The molecule has 300 valence electrons. The largest absolute Gasteiger partial charge is 0.272 e. The molecule has 0 bridgehead atoms. The van der Waals surface area contributed by atoms with Gasteiger partial charge in [-0.15, -0.1) is 0 Å². The molecule has 13 heteroatoms. The van der Waals surface area contributed by atoms with Crippen LogP contribution in [0.3, 0.4) is 0 Å². The Hall–Kier alpha value is -6.15. The van der Waals surface area contributed by atoms with Crippen molar-refractivity contribution in [1.82, 2.24) is 0 Å². The molecule has 0 aliphatic carbocycles. The molecule has 0 radical (unpaired) electrons. The number of carbonyl (C=O) groups is 4. The predicted molar refractivity (Wildman–Crippen MR) is 238 cm³/mol. The summed E-state index contributed by atoms with van der Waals surface area (Å²) in [5.74, 6) is -2.41. The first kappa shape index (κ1) is 42.5. The summed E-state index contributed by atoms with van der Waals surface area (Å²) in [6.07, 6.45) is 0.456. The fourth-order valence-electron chi connectivity index (χ4n) is 6.77. The molecule has 59 heavy (non-hydrogen) atoms. The number of nitrogens with zero attached hydrogens (tertiary/aromatic N) is 4. The Morgan fingerprint density at radius 2 is 0.542 bits per heavy atom. The van der Waals surface area contributed by atoms with Crippen molar-refractivity contribution in [3.8, 4) is 0 Å². The monoisotopic (exact) mass is 842 g/mol. The minimum Gasteiger partial charge on any atom is -0.272 e. The third kappa shape index (κ3) is 9.60. The van der Waals surface area contributed by atoms with E-state index in [1.165, 1.54) is 20.0 Å². The molecule has 4 amide bonds. The SMILES string of the molecule is O=C1C(CCS(=O)c2ccccc2)C(=O)N(c2ccccc2)N1c1ccccc1.O=C1C(CCS(=O)c2ccccc2)C(=O)N(c2ccccc2)N1c1ccccc1.S. The zero-order valence-corrected chi connectivity index (χ0v) is 34.5. The van der Waals surface area contributed by atoms with E-state index >= 15 is 0 Å². The molecule has 2 heterocycles. The summed E-state index contributed by atoms with van der Waals surface area (Å²) in [6.45, 7) is 0. The van der Waals surface area contributed by atoms with E-state index in [4.69, 9.17) is 0 Å². The van der Waals surface area contributed by atoms with Crippen LogP contribution in [-0.4, -0.2) is 43.6 Å². The van der Waals surface area contributed by atoms with Crippen molar-refractivity contribution in [3.63, 3.8) is 0 Å². The number of carbonyl (C=O) groups excluding carboxylic acids is 4. The van der Waals surface area contributed by atoms with E-state index in [0.29, 0.717) is 32.5 Å². The average molecular weight is 843 g/mol. The van der Waals surface area contributed by atoms with Crippen LogP contribution in [0.1, 0.15) is 12.8 Å². The Morgan fingerprint density at radius 3 is 0.763 bits per heavy atom. The maximum atomic E-state index is 13.2. The van der Waals surface area contributed by atoms with Gasteiger partial charge in [0.25, 0.3) is 23.6 Å². The first-order valence-electron chi connectivity index (χ1n) is 18.8. The molecule has 10 nitrogen and oxygen atoms in total. The van der Waals surface area contributed by atoms with Gasteiger partial charge < -0.3 is 0 Å². The summed E-state index contributed by atoms with van der Waals surface area (Å²) in [7, 11) is -2.52. The minimum atomic E-state index is -1.26. The van der Waals surface area contributed by atoms with Gasteiger partial charge in [0, 0.05) is 21.3 Å². The lowest BCUT2D eigenvalue weighted by molar-refractivity contribution is -0.128. The van der Waals surface area contributed by atoms with Gasteiger partial charge in [-0.3, -0.25) is 27.6 Å². The zero-order chi connectivity index (χ0) is 40.4. The van der Waals surface area contributed by atoms with Crippen LogP contribution in [0.5, 0.6) is 0 Å². The second-order valence-corrected chi connectivity index (χ2v) is 16.5. The van der Waals surface area contributed by atoms with Crippen LogP contribution in [0.15, 0.2) is 192 Å². The number of rotatable bonds is 12. The van der Waals surface area contributed by atoms with E-state index in [-0.39, 0.29) is 61.5 Å². The van der Waals surface area contributed by atoms with Gasteiger partial charge in [0.05, 0.1) is 44.3 Å². The highest BCUT2D eigenvalue weighted by atomic mass is 32.2. The lowest BCUT2D eigenvalue weighted by Gasteiger charge is -2.27. The molecule has 0 spiro atoms. The summed E-state index contributed by atoms with van der Waals surface area (Å²) in [6, 6.07) is 54.6. The third-order valence-corrected chi connectivity index (χ3v) is 12.4. The van der Waals surface area contributed by atoms with E-state index in [1.54, 1.807) is 72.8 Å². The van der Waals surface area contributed by atoms with Gasteiger partial charge in [-0.25, -0.2) is 20.0 Å². The van der Waals surface area contributed by atoms with E-state index in [1.807, 2.05) is 109 Å². The van der Waals surface area contributed by atoms with Crippen molar-refractivity contribution >= 4 is 81.5 Å². The van der Waals surface area contributed by atoms with Gasteiger partial charge in [-0.1, -0.05) is 109 Å². The fraction of sp³-hybridized carbons (Fsp3) is 0.130. The van der Waals surface area contributed by atoms with E-state index < -0.39 is 33.4 Å². The number of benzene rings is 6. The number of anilines is 4. The molecule has 8 rings (SSSR count). The van der Waals surface area contributed by atoms with Crippen molar-refractivity contribution in [2.45, 2.75) is 22.6 Å². The average Bonchev–Trinajstić information content (AvgIpc) is 3.69. The summed E-state index contributed by atoms with van der Waals surface area (Å²) in [5, 5.41) is 5.70. The number of hydrogen-bond acceptors (Lipinski definition) is 6. The maximum Gasteiger partial charge on any atom is 0.258 e. The molecule has 2 saturated heterocycles. The second-order valence-electron chi connectivity index (χ2n) is 13.4. The molecule has 0 N–H and O–H groups in total. The molecule has 2 atom stereocenters. The summed E-state index contributed by atoms with van der Waals surface area (Å²) >= 11 is 0. The Balaban J connectivity index is 0.000000195. The normalized spacial score (nSPS) is 15.5. The molecule has 0 aromatic heterocycles. The molecular formula is C46H42N4O6S3. The molecule has 6 aromatic rings. The van der Waals surface area contributed by atoms with Crippen molar-refractivity contribution in [2.75, 3.05) is 31.5 Å². The Kier molecular flexibility index (Phi) is 14.4. The molecule has 2 aliphatic rings. The summed E-state index contributed by atoms with van der Waals surface area (Å²) < 4.78 is 25.2. The molecule has 2 aliphatic heterocycles. The quantitative estimate of drug-likeness (QED) is 0.117.